The lowest BCUT2D eigenvalue weighted by atomic mass is 9.84. The van der Waals surface area contributed by atoms with Crippen LogP contribution >= 0.6 is 11.8 Å². The van der Waals surface area contributed by atoms with Crippen LogP contribution in [0.15, 0.2) is 115 Å². The highest BCUT2D eigenvalue weighted by Crippen LogP contribution is 2.48. The first-order valence-corrected chi connectivity index (χ1v) is 14.0. The first-order valence-electron chi connectivity index (χ1n) is 13.0. The molecule has 186 valence electrons. The lowest BCUT2D eigenvalue weighted by molar-refractivity contribution is 0.0651. The molecule has 0 radical (unpaired) electrons. The summed E-state index contributed by atoms with van der Waals surface area (Å²) >= 11 is 1.99. The number of thioether (sulfide) groups is 1. The zero-order chi connectivity index (χ0) is 25.5. The van der Waals surface area contributed by atoms with Gasteiger partial charge in [-0.15, -0.1) is 11.8 Å². The predicted octanol–water partition coefficient (Wildman–Crippen LogP) is 7.57. The summed E-state index contributed by atoms with van der Waals surface area (Å²) in [5.74, 6) is 0.690. The molecule has 0 unspecified atom stereocenters. The molecule has 37 heavy (non-hydrogen) atoms. The minimum atomic E-state index is -0.288. The van der Waals surface area contributed by atoms with Crippen molar-refractivity contribution in [1.29, 1.82) is 0 Å². The number of carbonyl (C=O) groups excluding carboxylic acids is 2. The first kappa shape index (κ1) is 25.0. The van der Waals surface area contributed by atoms with Crippen LogP contribution in [-0.4, -0.2) is 29.0 Å². The highest BCUT2D eigenvalue weighted by atomic mass is 32.2. The molecule has 0 aromatic heterocycles. The number of nitrogens with zero attached hydrogens (tertiary/aromatic N) is 1. The Bertz CT molecular complexity index is 1210. The lowest BCUT2D eigenvalue weighted by Gasteiger charge is -2.35. The normalized spacial score (nSPS) is 13.1. The second-order valence-corrected chi connectivity index (χ2v) is 10.7. The molecule has 1 heterocycles. The van der Waals surface area contributed by atoms with Gasteiger partial charge in [-0.1, -0.05) is 116 Å². The molecular weight excluding hydrogens is 474 g/mol. The number of rotatable bonds is 11. The number of imide groups is 1. The quantitative estimate of drug-likeness (QED) is 0.120. The summed E-state index contributed by atoms with van der Waals surface area (Å²) < 4.78 is -0.288. The van der Waals surface area contributed by atoms with Crippen LogP contribution in [0.25, 0.3) is 0 Å². The zero-order valence-corrected chi connectivity index (χ0v) is 21.7. The third kappa shape index (κ3) is 5.12. The Labute approximate surface area is 223 Å². The van der Waals surface area contributed by atoms with E-state index in [1.54, 1.807) is 12.1 Å². The smallest absolute Gasteiger partial charge is 0.261 e. The molecule has 3 nitrogen and oxygen atoms in total. The molecule has 4 aromatic carbocycles. The van der Waals surface area contributed by atoms with Gasteiger partial charge in [0.25, 0.3) is 11.8 Å². The van der Waals surface area contributed by atoms with E-state index in [4.69, 9.17) is 0 Å². The number of carbonyl (C=O) groups is 2. The highest BCUT2D eigenvalue weighted by molar-refractivity contribution is 8.00. The average molecular weight is 506 g/mol. The van der Waals surface area contributed by atoms with Gasteiger partial charge in [0.05, 0.1) is 15.9 Å². The van der Waals surface area contributed by atoms with Crippen molar-refractivity contribution in [2.75, 3.05) is 12.3 Å². The van der Waals surface area contributed by atoms with E-state index in [0.717, 1.165) is 31.4 Å². The molecule has 1 aliphatic rings. The molecule has 0 atom stereocenters. The van der Waals surface area contributed by atoms with Crippen LogP contribution < -0.4 is 0 Å². The monoisotopic (exact) mass is 505 g/mol. The van der Waals surface area contributed by atoms with Crippen LogP contribution in [0, 0.1) is 0 Å². The molecule has 0 bridgehead atoms. The Morgan fingerprint density at radius 1 is 0.514 bits per heavy atom. The molecule has 0 saturated carbocycles. The number of unbranched alkanes of at least 4 members (excludes halogenated alkanes) is 3. The van der Waals surface area contributed by atoms with Crippen LogP contribution in [0.4, 0.5) is 0 Å². The van der Waals surface area contributed by atoms with E-state index in [1.165, 1.54) is 21.6 Å². The number of hydrogen-bond donors (Lipinski definition) is 0. The molecule has 0 spiro atoms. The summed E-state index contributed by atoms with van der Waals surface area (Å²) in [4.78, 5) is 26.6. The fourth-order valence-corrected chi connectivity index (χ4v) is 6.72. The Hall–Kier alpha value is -3.63. The molecule has 2 amide bonds. The van der Waals surface area contributed by atoms with Gasteiger partial charge in [0.15, 0.2) is 0 Å². The van der Waals surface area contributed by atoms with Crippen molar-refractivity contribution in [2.45, 2.75) is 30.4 Å². The molecule has 0 saturated heterocycles. The summed E-state index contributed by atoms with van der Waals surface area (Å²) in [6.45, 7) is 0.488. The Morgan fingerprint density at radius 2 is 0.919 bits per heavy atom. The highest BCUT2D eigenvalue weighted by Gasteiger charge is 2.37. The van der Waals surface area contributed by atoms with Crippen molar-refractivity contribution in [1.82, 2.24) is 4.90 Å². The molecule has 0 fully saturated rings. The standard InChI is InChI=1S/C33H31NO2S/c35-31-29-22-12-13-23-30(29)32(36)34(31)24-14-1-2-15-25-37-33(26-16-6-3-7-17-26,27-18-8-4-9-19-27)28-20-10-5-11-21-28/h3-13,16-23H,1-2,14-15,24-25H2. The molecule has 0 aliphatic carbocycles. The van der Waals surface area contributed by atoms with Gasteiger partial charge in [-0.05, 0) is 47.4 Å². The van der Waals surface area contributed by atoms with Gasteiger partial charge in [0, 0.05) is 6.54 Å². The van der Waals surface area contributed by atoms with Crippen LogP contribution in [-0.2, 0) is 4.75 Å². The van der Waals surface area contributed by atoms with Gasteiger partial charge < -0.3 is 0 Å². The Morgan fingerprint density at radius 3 is 1.38 bits per heavy atom. The number of hydrogen-bond acceptors (Lipinski definition) is 3. The van der Waals surface area contributed by atoms with Crippen molar-refractivity contribution >= 4 is 23.6 Å². The SMILES string of the molecule is O=C1c2ccccc2C(=O)N1CCCCCCSC(c1ccccc1)(c1ccccc1)c1ccccc1. The van der Waals surface area contributed by atoms with Gasteiger partial charge in [0.1, 0.15) is 0 Å². The topological polar surface area (TPSA) is 37.4 Å². The van der Waals surface area contributed by atoms with Gasteiger partial charge >= 0.3 is 0 Å². The molecular formula is C33H31NO2S. The summed E-state index contributed by atoms with van der Waals surface area (Å²) in [6, 6.07) is 39.4. The van der Waals surface area contributed by atoms with Gasteiger partial charge in [-0.3, -0.25) is 14.5 Å². The van der Waals surface area contributed by atoms with Gasteiger partial charge in [-0.2, -0.15) is 0 Å². The van der Waals surface area contributed by atoms with Crippen molar-refractivity contribution < 1.29 is 9.59 Å². The maximum absolute atomic E-state index is 12.6. The number of amides is 2. The van der Waals surface area contributed by atoms with Crippen molar-refractivity contribution in [3.05, 3.63) is 143 Å². The van der Waals surface area contributed by atoms with E-state index in [1.807, 2.05) is 23.9 Å². The largest absolute Gasteiger partial charge is 0.274 e. The summed E-state index contributed by atoms with van der Waals surface area (Å²) in [5.41, 5.74) is 4.90. The predicted molar refractivity (Wildman–Crippen MR) is 152 cm³/mol. The average Bonchev–Trinajstić information content (AvgIpc) is 3.21. The van der Waals surface area contributed by atoms with Crippen molar-refractivity contribution in [3.8, 4) is 0 Å². The van der Waals surface area contributed by atoms with E-state index >= 15 is 0 Å². The molecule has 1 aliphatic heterocycles. The second-order valence-electron chi connectivity index (χ2n) is 9.35. The Kier molecular flexibility index (Phi) is 7.86. The van der Waals surface area contributed by atoms with E-state index in [-0.39, 0.29) is 16.6 Å². The van der Waals surface area contributed by atoms with Crippen molar-refractivity contribution in [2.24, 2.45) is 0 Å². The second kappa shape index (κ2) is 11.6. The number of benzene rings is 4. The minimum Gasteiger partial charge on any atom is -0.274 e. The third-order valence-corrected chi connectivity index (χ3v) is 8.65. The van der Waals surface area contributed by atoms with E-state index in [2.05, 4.69) is 91.0 Å². The molecule has 4 aromatic rings. The number of fused-ring (bicyclic) bond motifs is 1. The fourth-order valence-electron chi connectivity index (χ4n) is 5.16. The third-order valence-electron chi connectivity index (χ3n) is 7.01. The summed E-state index contributed by atoms with van der Waals surface area (Å²) in [5, 5.41) is 0. The van der Waals surface area contributed by atoms with Gasteiger partial charge in [-0.25, -0.2) is 0 Å². The van der Waals surface area contributed by atoms with Crippen LogP contribution in [0.1, 0.15) is 63.1 Å². The maximum Gasteiger partial charge on any atom is 0.261 e. The summed E-state index contributed by atoms with van der Waals surface area (Å²) in [7, 11) is 0. The van der Waals surface area contributed by atoms with Crippen LogP contribution in [0.5, 0.6) is 0 Å². The van der Waals surface area contributed by atoms with E-state index < -0.39 is 0 Å². The lowest BCUT2D eigenvalue weighted by Crippen LogP contribution is -2.30. The maximum atomic E-state index is 12.6. The minimum absolute atomic E-state index is 0.158. The molecule has 4 heteroatoms. The fraction of sp³-hybridized carbons (Fsp3) is 0.212. The molecule has 0 N–H and O–H groups in total. The van der Waals surface area contributed by atoms with Crippen LogP contribution in [0.3, 0.4) is 0 Å². The van der Waals surface area contributed by atoms with Gasteiger partial charge in [0.2, 0.25) is 0 Å². The zero-order valence-electron chi connectivity index (χ0n) is 20.9. The van der Waals surface area contributed by atoms with E-state index in [0.29, 0.717) is 17.7 Å². The van der Waals surface area contributed by atoms with E-state index in [9.17, 15) is 9.59 Å². The van der Waals surface area contributed by atoms with Crippen molar-refractivity contribution in [3.63, 3.8) is 0 Å². The first-order chi connectivity index (χ1) is 18.2. The van der Waals surface area contributed by atoms with Crippen LogP contribution in [0.2, 0.25) is 0 Å². The summed E-state index contributed by atoms with van der Waals surface area (Å²) in [6.07, 6.45) is 3.95. The Balaban J connectivity index is 1.23. The molecule has 5 rings (SSSR count).